The molecule has 0 aromatic heterocycles. The lowest BCUT2D eigenvalue weighted by Gasteiger charge is -2.31. The standard InChI is InChI=1S/C17H21N3O2/c1-17(2,3)22-16(21)20-9-5-4-6-15(20)13-8-7-12(11-18)10-14(13)19/h6-8,10H,4-5,9,19H2,1-3H3. The van der Waals surface area contributed by atoms with Crippen molar-refractivity contribution in [2.75, 3.05) is 12.3 Å². The van der Waals surface area contributed by atoms with Crippen LogP contribution in [0.25, 0.3) is 5.70 Å². The van der Waals surface area contributed by atoms with Gasteiger partial charge in [0.1, 0.15) is 5.60 Å². The summed E-state index contributed by atoms with van der Waals surface area (Å²) >= 11 is 0. The van der Waals surface area contributed by atoms with Gasteiger partial charge < -0.3 is 10.5 Å². The van der Waals surface area contributed by atoms with Gasteiger partial charge in [0.05, 0.1) is 17.3 Å². The average molecular weight is 299 g/mol. The molecule has 0 fully saturated rings. The Labute approximate surface area is 131 Å². The SMILES string of the molecule is CC(C)(C)OC(=O)N1CCCC=C1c1ccc(C#N)cc1N. The minimum Gasteiger partial charge on any atom is -0.443 e. The number of hydrogen-bond donors (Lipinski definition) is 1. The fourth-order valence-corrected chi connectivity index (χ4v) is 2.35. The fraction of sp³-hybridized carbons (Fsp3) is 0.412. The summed E-state index contributed by atoms with van der Waals surface area (Å²) in [5.41, 5.74) is 8.00. The molecule has 0 radical (unpaired) electrons. The van der Waals surface area contributed by atoms with E-state index in [4.69, 9.17) is 15.7 Å². The molecule has 5 heteroatoms. The van der Waals surface area contributed by atoms with E-state index in [0.717, 1.165) is 24.1 Å². The number of nitrogen functional groups attached to an aromatic ring is 1. The molecule has 1 aromatic carbocycles. The number of hydrogen-bond acceptors (Lipinski definition) is 4. The molecular weight excluding hydrogens is 278 g/mol. The van der Waals surface area contributed by atoms with Crippen LogP contribution < -0.4 is 5.73 Å². The van der Waals surface area contributed by atoms with Crippen LogP contribution in [-0.2, 0) is 4.74 Å². The normalized spacial score (nSPS) is 15.0. The van der Waals surface area contributed by atoms with E-state index in [0.29, 0.717) is 17.8 Å². The monoisotopic (exact) mass is 299 g/mol. The molecule has 1 aliphatic heterocycles. The second kappa shape index (κ2) is 6.10. The zero-order valence-corrected chi connectivity index (χ0v) is 13.2. The van der Waals surface area contributed by atoms with Crippen molar-refractivity contribution in [2.45, 2.75) is 39.2 Å². The first-order valence-corrected chi connectivity index (χ1v) is 7.32. The first kappa shape index (κ1) is 15.9. The number of nitrogens with zero attached hydrogens (tertiary/aromatic N) is 2. The van der Waals surface area contributed by atoms with Gasteiger partial charge in [0, 0.05) is 17.8 Å². The molecule has 1 aromatic rings. The molecule has 0 saturated carbocycles. The van der Waals surface area contributed by atoms with Gasteiger partial charge in [-0.05, 0) is 51.8 Å². The molecule has 0 saturated heterocycles. The number of nitrogens with two attached hydrogens (primary N) is 1. The average Bonchev–Trinajstić information content (AvgIpc) is 2.45. The van der Waals surface area contributed by atoms with Crippen LogP contribution in [0.4, 0.5) is 10.5 Å². The second-order valence-corrected chi connectivity index (χ2v) is 6.28. The summed E-state index contributed by atoms with van der Waals surface area (Å²) in [5.74, 6) is 0. The molecule has 0 bridgehead atoms. The molecular formula is C17H21N3O2. The summed E-state index contributed by atoms with van der Waals surface area (Å²) in [5, 5.41) is 8.93. The van der Waals surface area contributed by atoms with Gasteiger partial charge >= 0.3 is 6.09 Å². The lowest BCUT2D eigenvalue weighted by molar-refractivity contribution is 0.0347. The van der Waals surface area contributed by atoms with Gasteiger partial charge in [0.25, 0.3) is 0 Å². The Balaban J connectivity index is 2.33. The van der Waals surface area contributed by atoms with Crippen LogP contribution in [0.3, 0.4) is 0 Å². The van der Waals surface area contributed by atoms with E-state index in [1.54, 1.807) is 23.1 Å². The number of benzene rings is 1. The largest absolute Gasteiger partial charge is 0.443 e. The maximum Gasteiger partial charge on any atom is 0.414 e. The van der Waals surface area contributed by atoms with E-state index in [-0.39, 0.29) is 6.09 Å². The van der Waals surface area contributed by atoms with Crippen molar-refractivity contribution in [3.8, 4) is 6.07 Å². The maximum absolute atomic E-state index is 12.4. The third-order valence-electron chi connectivity index (χ3n) is 3.28. The van der Waals surface area contributed by atoms with Crippen molar-refractivity contribution in [1.82, 2.24) is 4.90 Å². The van der Waals surface area contributed by atoms with Crippen molar-refractivity contribution in [2.24, 2.45) is 0 Å². The van der Waals surface area contributed by atoms with Gasteiger partial charge in [-0.1, -0.05) is 6.08 Å². The topological polar surface area (TPSA) is 79.3 Å². The number of allylic oxidation sites excluding steroid dienone is 1. The molecule has 1 heterocycles. The molecule has 5 nitrogen and oxygen atoms in total. The van der Waals surface area contributed by atoms with E-state index in [2.05, 4.69) is 6.07 Å². The van der Waals surface area contributed by atoms with E-state index in [1.807, 2.05) is 26.8 Å². The minimum absolute atomic E-state index is 0.373. The third kappa shape index (κ3) is 3.59. The maximum atomic E-state index is 12.4. The van der Waals surface area contributed by atoms with Crippen molar-refractivity contribution in [1.29, 1.82) is 5.26 Å². The van der Waals surface area contributed by atoms with Crippen molar-refractivity contribution < 1.29 is 9.53 Å². The van der Waals surface area contributed by atoms with Gasteiger partial charge in [-0.25, -0.2) is 4.79 Å². The predicted octanol–water partition coefficient (Wildman–Crippen LogP) is 3.51. The molecule has 2 N–H and O–H groups in total. The van der Waals surface area contributed by atoms with Gasteiger partial charge in [0.2, 0.25) is 0 Å². The number of carbonyl (C=O) groups is 1. The Hall–Kier alpha value is -2.48. The van der Waals surface area contributed by atoms with Gasteiger partial charge in [-0.3, -0.25) is 4.90 Å². The lowest BCUT2D eigenvalue weighted by Crippen LogP contribution is -2.37. The molecule has 0 atom stereocenters. The van der Waals surface area contributed by atoms with Gasteiger partial charge in [0.15, 0.2) is 0 Å². The van der Waals surface area contributed by atoms with Gasteiger partial charge in [-0.15, -0.1) is 0 Å². The summed E-state index contributed by atoms with van der Waals surface area (Å²) < 4.78 is 5.47. The fourth-order valence-electron chi connectivity index (χ4n) is 2.35. The Bertz CT molecular complexity index is 651. The number of carbonyl (C=O) groups excluding carboxylic acids is 1. The van der Waals surface area contributed by atoms with E-state index in [1.165, 1.54) is 0 Å². The van der Waals surface area contributed by atoms with Gasteiger partial charge in [-0.2, -0.15) is 5.26 Å². The van der Waals surface area contributed by atoms with E-state index < -0.39 is 5.60 Å². The highest BCUT2D eigenvalue weighted by molar-refractivity contribution is 5.86. The number of amides is 1. The molecule has 0 spiro atoms. The van der Waals surface area contributed by atoms with Crippen molar-refractivity contribution in [3.05, 3.63) is 35.4 Å². The van der Waals surface area contributed by atoms with Crippen LogP contribution in [0.1, 0.15) is 44.7 Å². The Kier molecular flexibility index (Phi) is 4.41. The molecule has 22 heavy (non-hydrogen) atoms. The van der Waals surface area contributed by atoms with Crippen molar-refractivity contribution in [3.63, 3.8) is 0 Å². The zero-order valence-electron chi connectivity index (χ0n) is 13.2. The highest BCUT2D eigenvalue weighted by atomic mass is 16.6. The Morgan fingerprint density at radius 2 is 2.14 bits per heavy atom. The molecule has 0 unspecified atom stereocenters. The van der Waals surface area contributed by atoms with Crippen LogP contribution in [-0.4, -0.2) is 23.1 Å². The number of rotatable bonds is 1. The summed E-state index contributed by atoms with van der Waals surface area (Å²) in [6.07, 6.45) is 3.39. The predicted molar refractivity (Wildman–Crippen MR) is 85.7 cm³/mol. The molecule has 1 aliphatic rings. The summed E-state index contributed by atoms with van der Waals surface area (Å²) in [4.78, 5) is 14.0. The lowest BCUT2D eigenvalue weighted by atomic mass is 10.0. The number of nitriles is 1. The molecule has 0 aliphatic carbocycles. The first-order valence-electron chi connectivity index (χ1n) is 7.32. The van der Waals surface area contributed by atoms with Crippen LogP contribution in [0.5, 0.6) is 0 Å². The third-order valence-corrected chi connectivity index (χ3v) is 3.28. The Morgan fingerprint density at radius 3 is 2.73 bits per heavy atom. The summed E-state index contributed by atoms with van der Waals surface area (Å²) in [7, 11) is 0. The highest BCUT2D eigenvalue weighted by Crippen LogP contribution is 2.30. The molecule has 1 amide bonds. The Morgan fingerprint density at radius 1 is 1.41 bits per heavy atom. The van der Waals surface area contributed by atoms with Crippen molar-refractivity contribution >= 4 is 17.5 Å². The van der Waals surface area contributed by atoms with E-state index >= 15 is 0 Å². The van der Waals surface area contributed by atoms with Crippen LogP contribution >= 0.6 is 0 Å². The summed E-state index contributed by atoms with van der Waals surface area (Å²) in [6.45, 7) is 6.12. The van der Waals surface area contributed by atoms with E-state index in [9.17, 15) is 4.79 Å². The zero-order chi connectivity index (χ0) is 16.3. The van der Waals surface area contributed by atoms with Crippen LogP contribution in [0.2, 0.25) is 0 Å². The quantitative estimate of drug-likeness (QED) is 0.805. The number of anilines is 1. The number of ether oxygens (including phenoxy) is 1. The van der Waals surface area contributed by atoms with Crippen LogP contribution in [0, 0.1) is 11.3 Å². The van der Waals surface area contributed by atoms with Crippen LogP contribution in [0.15, 0.2) is 24.3 Å². The highest BCUT2D eigenvalue weighted by Gasteiger charge is 2.27. The summed E-state index contributed by atoms with van der Waals surface area (Å²) in [6, 6.07) is 7.16. The second-order valence-electron chi connectivity index (χ2n) is 6.28. The molecule has 116 valence electrons. The molecule has 2 rings (SSSR count). The first-order chi connectivity index (χ1) is 10.3. The minimum atomic E-state index is -0.546. The smallest absolute Gasteiger partial charge is 0.414 e.